The zero-order valence-electron chi connectivity index (χ0n) is 8.75. The molecule has 0 heterocycles. The second-order valence-electron chi connectivity index (χ2n) is 3.50. The minimum Gasteiger partial charge on any atom is -0.392 e. The maximum absolute atomic E-state index is 11.6. The predicted octanol–water partition coefficient (Wildman–Crippen LogP) is 1.76. The third-order valence-corrected chi connectivity index (χ3v) is 2.50. The van der Waals surface area contributed by atoms with Crippen molar-refractivity contribution in [1.29, 1.82) is 0 Å². The van der Waals surface area contributed by atoms with Crippen LogP contribution >= 0.6 is 11.6 Å². The van der Waals surface area contributed by atoms with E-state index in [1.807, 2.05) is 13.0 Å². The maximum atomic E-state index is 11.6. The van der Waals surface area contributed by atoms with Crippen molar-refractivity contribution >= 4 is 17.5 Å². The molecule has 1 aromatic carbocycles. The molecule has 0 aliphatic rings. The first kappa shape index (κ1) is 12.0. The molecule has 1 atom stereocenters. The van der Waals surface area contributed by atoms with Crippen LogP contribution in [0.25, 0.3) is 0 Å². The van der Waals surface area contributed by atoms with Crippen LogP contribution in [0.3, 0.4) is 0 Å². The number of aryl methyl sites for hydroxylation is 1. The van der Waals surface area contributed by atoms with Gasteiger partial charge in [-0.25, -0.2) is 0 Å². The molecule has 0 aromatic heterocycles. The summed E-state index contributed by atoms with van der Waals surface area (Å²) in [6, 6.07) is 5.28. The smallest absolute Gasteiger partial charge is 0.252 e. The number of nitrogens with one attached hydrogen (secondary N) is 1. The topological polar surface area (TPSA) is 49.3 Å². The first-order valence-corrected chi connectivity index (χ1v) is 5.11. The number of aliphatic hydroxyl groups is 1. The highest BCUT2D eigenvalue weighted by Crippen LogP contribution is 2.19. The van der Waals surface area contributed by atoms with Crippen LogP contribution in [0.2, 0.25) is 5.02 Å². The van der Waals surface area contributed by atoms with Gasteiger partial charge in [0.2, 0.25) is 0 Å². The van der Waals surface area contributed by atoms with Crippen LogP contribution in [0.15, 0.2) is 18.2 Å². The summed E-state index contributed by atoms with van der Waals surface area (Å²) in [7, 11) is 0. The van der Waals surface area contributed by atoms with Gasteiger partial charge < -0.3 is 10.4 Å². The van der Waals surface area contributed by atoms with E-state index in [0.29, 0.717) is 10.6 Å². The number of carbonyl (C=O) groups is 1. The lowest BCUT2D eigenvalue weighted by Gasteiger charge is -2.09. The van der Waals surface area contributed by atoms with Crippen molar-refractivity contribution in [2.24, 2.45) is 0 Å². The second-order valence-corrected chi connectivity index (χ2v) is 3.87. The third-order valence-electron chi connectivity index (χ3n) is 1.99. The standard InChI is InChI=1S/C11H14ClNO2/c1-7-4-3-5-9(10(7)12)11(15)13-6-8(2)14/h3-5,8,14H,6H2,1-2H3,(H,13,15)/t8-/m1/s1. The molecule has 0 unspecified atom stereocenters. The summed E-state index contributed by atoms with van der Waals surface area (Å²) >= 11 is 5.98. The predicted molar refractivity (Wildman–Crippen MR) is 60.2 cm³/mol. The molecule has 15 heavy (non-hydrogen) atoms. The lowest BCUT2D eigenvalue weighted by Crippen LogP contribution is -2.30. The molecular weight excluding hydrogens is 214 g/mol. The van der Waals surface area contributed by atoms with Crippen molar-refractivity contribution in [3.05, 3.63) is 34.3 Å². The van der Waals surface area contributed by atoms with Crippen LogP contribution in [-0.4, -0.2) is 23.7 Å². The van der Waals surface area contributed by atoms with Crippen LogP contribution in [0.4, 0.5) is 0 Å². The lowest BCUT2D eigenvalue weighted by atomic mass is 10.1. The fourth-order valence-electron chi connectivity index (χ4n) is 1.16. The molecule has 0 aliphatic heterocycles. The van der Waals surface area contributed by atoms with Gasteiger partial charge in [-0.3, -0.25) is 4.79 Å². The van der Waals surface area contributed by atoms with Gasteiger partial charge in [-0.2, -0.15) is 0 Å². The number of benzene rings is 1. The molecule has 0 bridgehead atoms. The highest BCUT2D eigenvalue weighted by atomic mass is 35.5. The molecule has 4 heteroatoms. The Balaban J connectivity index is 2.78. The molecule has 0 spiro atoms. The van der Waals surface area contributed by atoms with Gasteiger partial charge >= 0.3 is 0 Å². The van der Waals surface area contributed by atoms with E-state index in [-0.39, 0.29) is 12.5 Å². The van der Waals surface area contributed by atoms with E-state index in [4.69, 9.17) is 16.7 Å². The van der Waals surface area contributed by atoms with E-state index in [0.717, 1.165) is 5.56 Å². The van der Waals surface area contributed by atoms with E-state index in [2.05, 4.69) is 5.32 Å². The summed E-state index contributed by atoms with van der Waals surface area (Å²) in [5, 5.41) is 12.1. The van der Waals surface area contributed by atoms with Crippen molar-refractivity contribution in [3.8, 4) is 0 Å². The van der Waals surface area contributed by atoms with Crippen molar-refractivity contribution in [2.75, 3.05) is 6.54 Å². The Bertz CT molecular complexity index is 364. The fourth-order valence-corrected chi connectivity index (χ4v) is 1.37. The number of amides is 1. The Kier molecular flexibility index (Phi) is 4.12. The summed E-state index contributed by atoms with van der Waals surface area (Å²) in [4.78, 5) is 11.6. The molecule has 3 nitrogen and oxygen atoms in total. The molecule has 0 saturated heterocycles. The zero-order chi connectivity index (χ0) is 11.4. The number of halogens is 1. The Morgan fingerprint density at radius 2 is 2.27 bits per heavy atom. The number of hydrogen-bond acceptors (Lipinski definition) is 2. The highest BCUT2D eigenvalue weighted by molar-refractivity contribution is 6.34. The molecule has 1 rings (SSSR count). The van der Waals surface area contributed by atoms with Gasteiger partial charge in [0.05, 0.1) is 16.7 Å². The van der Waals surface area contributed by atoms with Gasteiger partial charge in [0.25, 0.3) is 5.91 Å². The van der Waals surface area contributed by atoms with E-state index in [1.54, 1.807) is 19.1 Å². The Morgan fingerprint density at radius 1 is 1.60 bits per heavy atom. The van der Waals surface area contributed by atoms with E-state index >= 15 is 0 Å². The van der Waals surface area contributed by atoms with Crippen LogP contribution in [-0.2, 0) is 0 Å². The van der Waals surface area contributed by atoms with Gasteiger partial charge in [-0.15, -0.1) is 0 Å². The minimum absolute atomic E-state index is 0.225. The molecule has 82 valence electrons. The fraction of sp³-hybridized carbons (Fsp3) is 0.364. The first-order valence-electron chi connectivity index (χ1n) is 4.73. The normalized spacial score (nSPS) is 12.3. The Morgan fingerprint density at radius 3 is 2.87 bits per heavy atom. The highest BCUT2D eigenvalue weighted by Gasteiger charge is 2.11. The van der Waals surface area contributed by atoms with Gasteiger partial charge in [-0.05, 0) is 25.5 Å². The summed E-state index contributed by atoms with van der Waals surface area (Å²) < 4.78 is 0. The first-order chi connectivity index (χ1) is 7.02. The van der Waals surface area contributed by atoms with Crippen LogP contribution in [0.5, 0.6) is 0 Å². The summed E-state index contributed by atoms with van der Waals surface area (Å²) in [5.41, 5.74) is 1.30. The number of hydrogen-bond donors (Lipinski definition) is 2. The lowest BCUT2D eigenvalue weighted by molar-refractivity contribution is 0.0924. The van der Waals surface area contributed by atoms with Crippen molar-refractivity contribution in [2.45, 2.75) is 20.0 Å². The summed E-state index contributed by atoms with van der Waals surface area (Å²) in [5.74, 6) is -0.260. The molecule has 1 amide bonds. The maximum Gasteiger partial charge on any atom is 0.252 e. The number of aliphatic hydroxyl groups excluding tert-OH is 1. The van der Waals surface area contributed by atoms with Crippen LogP contribution in [0.1, 0.15) is 22.8 Å². The minimum atomic E-state index is -0.558. The van der Waals surface area contributed by atoms with E-state index < -0.39 is 6.10 Å². The van der Waals surface area contributed by atoms with Crippen molar-refractivity contribution in [1.82, 2.24) is 5.32 Å². The van der Waals surface area contributed by atoms with Crippen molar-refractivity contribution in [3.63, 3.8) is 0 Å². The molecule has 0 aliphatic carbocycles. The van der Waals surface area contributed by atoms with Crippen molar-refractivity contribution < 1.29 is 9.90 Å². The monoisotopic (exact) mass is 227 g/mol. The van der Waals surface area contributed by atoms with Gasteiger partial charge in [-0.1, -0.05) is 23.7 Å². The quantitative estimate of drug-likeness (QED) is 0.827. The van der Waals surface area contributed by atoms with E-state index in [1.165, 1.54) is 0 Å². The Hall–Kier alpha value is -1.06. The number of rotatable bonds is 3. The van der Waals surface area contributed by atoms with Gasteiger partial charge in [0, 0.05) is 6.54 Å². The van der Waals surface area contributed by atoms with Gasteiger partial charge in [0.15, 0.2) is 0 Å². The summed E-state index contributed by atoms with van der Waals surface area (Å²) in [6.07, 6.45) is -0.558. The molecular formula is C11H14ClNO2. The van der Waals surface area contributed by atoms with Crippen LogP contribution in [0, 0.1) is 6.92 Å². The Labute approximate surface area is 94.1 Å². The van der Waals surface area contributed by atoms with Gasteiger partial charge in [0.1, 0.15) is 0 Å². The number of carbonyl (C=O) groups excluding carboxylic acids is 1. The summed E-state index contributed by atoms with van der Waals surface area (Å²) in [6.45, 7) is 3.68. The molecule has 2 N–H and O–H groups in total. The molecule has 0 radical (unpaired) electrons. The third kappa shape index (κ3) is 3.22. The molecule has 0 saturated carbocycles. The molecule has 0 fully saturated rings. The average Bonchev–Trinajstić information content (AvgIpc) is 2.18. The van der Waals surface area contributed by atoms with E-state index in [9.17, 15) is 4.79 Å². The SMILES string of the molecule is Cc1cccc(C(=O)NC[C@@H](C)O)c1Cl. The molecule has 1 aromatic rings. The zero-order valence-corrected chi connectivity index (χ0v) is 9.51. The largest absolute Gasteiger partial charge is 0.392 e. The van der Waals surface area contributed by atoms with Crippen LogP contribution < -0.4 is 5.32 Å². The average molecular weight is 228 g/mol. The second kappa shape index (κ2) is 5.14.